The number of hydrogen-bond donors (Lipinski definition) is 3. The van der Waals surface area contributed by atoms with Gasteiger partial charge in [-0.25, -0.2) is 0 Å². The molecule has 0 aliphatic heterocycles. The van der Waals surface area contributed by atoms with Crippen molar-refractivity contribution >= 4 is 0 Å². The predicted octanol–water partition coefficient (Wildman–Crippen LogP) is 13.5. The molecule has 0 aliphatic carbocycles. The lowest BCUT2D eigenvalue weighted by Crippen LogP contribution is -2.10. The van der Waals surface area contributed by atoms with Crippen molar-refractivity contribution < 1.29 is 15.3 Å². The molecule has 64 heavy (non-hydrogen) atoms. The average Bonchev–Trinajstić information content (AvgIpc) is 3.33. The highest BCUT2D eigenvalue weighted by molar-refractivity contribution is 5.59. The van der Waals surface area contributed by atoms with Gasteiger partial charge >= 0.3 is 0 Å². The monoisotopic (exact) mass is 832 g/mol. The summed E-state index contributed by atoms with van der Waals surface area (Å²) >= 11 is 0. The van der Waals surface area contributed by atoms with Crippen LogP contribution >= 0.6 is 0 Å². The van der Waals surface area contributed by atoms with Crippen molar-refractivity contribution in [2.24, 2.45) is 0 Å². The van der Waals surface area contributed by atoms with Gasteiger partial charge in [-0.05, 0) is 83.5 Å². The van der Waals surface area contributed by atoms with E-state index in [4.69, 9.17) is 0 Å². The summed E-state index contributed by atoms with van der Waals surface area (Å²) in [5.41, 5.74) is 14.8. The number of aromatic hydroxyl groups is 3. The molecule has 3 N–H and O–H groups in total. The van der Waals surface area contributed by atoms with Crippen molar-refractivity contribution in [2.45, 2.75) is 44.4 Å². The van der Waals surface area contributed by atoms with E-state index in [1.165, 1.54) is 0 Å². The van der Waals surface area contributed by atoms with Gasteiger partial charge in [0.25, 0.3) is 0 Å². The number of benzene rings is 9. The molecule has 0 fully saturated rings. The Morgan fingerprint density at radius 2 is 0.391 bits per heavy atom. The van der Waals surface area contributed by atoms with Crippen LogP contribution in [0, 0.1) is 0 Å². The van der Waals surface area contributed by atoms with Gasteiger partial charge in [-0.15, -0.1) is 0 Å². The van der Waals surface area contributed by atoms with Gasteiger partial charge in [0.1, 0.15) is 17.2 Å². The number of phenols is 3. The maximum atomic E-state index is 12.2. The fourth-order valence-corrected chi connectivity index (χ4v) is 9.14. The maximum Gasteiger partial charge on any atom is 0.122 e. The quantitative estimate of drug-likeness (QED) is 0.0902. The Balaban J connectivity index is 1.31. The Bertz CT molecular complexity index is 2420. The summed E-state index contributed by atoms with van der Waals surface area (Å²) in [7, 11) is 0. The molecule has 0 radical (unpaired) electrons. The lowest BCUT2D eigenvalue weighted by Gasteiger charge is -2.26. The van der Waals surface area contributed by atoms with Crippen LogP contribution in [0.15, 0.2) is 218 Å². The van der Waals surface area contributed by atoms with Crippen molar-refractivity contribution in [3.05, 3.63) is 302 Å². The van der Waals surface area contributed by atoms with Crippen LogP contribution < -0.4 is 0 Å². The zero-order chi connectivity index (χ0) is 43.7. The first-order valence-electron chi connectivity index (χ1n) is 22.2. The molecule has 0 amide bonds. The van der Waals surface area contributed by atoms with Gasteiger partial charge in [-0.3, -0.25) is 0 Å². The van der Waals surface area contributed by atoms with E-state index in [0.29, 0.717) is 55.8 Å². The minimum absolute atomic E-state index is 0.302. The molecule has 314 valence electrons. The van der Waals surface area contributed by atoms with Crippen molar-refractivity contribution in [3.63, 3.8) is 0 Å². The lowest BCUT2D eigenvalue weighted by atomic mass is 9.79. The van der Waals surface area contributed by atoms with Gasteiger partial charge in [-0.1, -0.05) is 218 Å². The first-order valence-corrected chi connectivity index (χ1v) is 22.2. The molecule has 0 aromatic heterocycles. The van der Waals surface area contributed by atoms with Crippen LogP contribution in [0.2, 0.25) is 0 Å². The molecule has 9 aromatic carbocycles. The molecule has 0 atom stereocenters. The SMILES string of the molecule is Oc1c(Cc2ccccc2)cc(C(c2cc(Cc3ccccc3)c(O)c(Cc3ccccc3)c2)c2cc(Cc3ccccc3)c(O)c(Cc3ccccc3)c2)cc1Cc1ccccc1. The fraction of sp³-hybridized carbons (Fsp3) is 0.115. The Labute approximate surface area is 377 Å². The Hall–Kier alpha value is -7.62. The molecular formula is C61H52O3. The summed E-state index contributed by atoms with van der Waals surface area (Å²) in [5, 5.41) is 36.6. The molecule has 0 aliphatic rings. The van der Waals surface area contributed by atoms with Crippen LogP contribution in [0.25, 0.3) is 0 Å². The molecule has 0 heterocycles. The van der Waals surface area contributed by atoms with Gasteiger partial charge in [0.15, 0.2) is 0 Å². The Kier molecular flexibility index (Phi) is 12.8. The maximum absolute atomic E-state index is 12.2. The van der Waals surface area contributed by atoms with Gasteiger partial charge < -0.3 is 15.3 Å². The van der Waals surface area contributed by atoms with Crippen LogP contribution in [0.4, 0.5) is 0 Å². The van der Waals surface area contributed by atoms with E-state index >= 15 is 0 Å². The average molecular weight is 833 g/mol. The molecule has 0 unspecified atom stereocenters. The number of rotatable bonds is 15. The van der Waals surface area contributed by atoms with Crippen molar-refractivity contribution in [3.8, 4) is 17.2 Å². The Morgan fingerprint density at radius 3 is 0.547 bits per heavy atom. The minimum Gasteiger partial charge on any atom is -0.507 e. The van der Waals surface area contributed by atoms with E-state index in [1.807, 2.05) is 109 Å². The molecule has 9 aromatic rings. The first kappa shape index (κ1) is 41.7. The summed E-state index contributed by atoms with van der Waals surface area (Å²) in [6.07, 6.45) is 3.32. The lowest BCUT2D eigenvalue weighted by molar-refractivity contribution is 0.463. The van der Waals surface area contributed by atoms with Gasteiger partial charge in [-0.2, -0.15) is 0 Å². The standard InChI is InChI=1S/C61H52O3/c62-59-52(31-43-19-7-1-8-20-43)37-49(38-53(59)32-44-21-9-2-10-22-44)58(50-39-54(33-45-23-11-3-12-24-45)60(63)55(40-50)34-46-25-13-4-14-26-46)51-41-56(35-47-27-15-5-16-28-47)61(64)57(42-51)36-48-29-17-6-18-30-48/h1-30,37-42,58,62-64H,31-36H2. The minimum atomic E-state index is -0.348. The van der Waals surface area contributed by atoms with E-state index in [1.54, 1.807) is 0 Å². The zero-order valence-corrected chi connectivity index (χ0v) is 35.9. The van der Waals surface area contributed by atoms with E-state index < -0.39 is 0 Å². The van der Waals surface area contributed by atoms with E-state index in [0.717, 1.165) is 83.5 Å². The normalized spacial score (nSPS) is 11.2. The van der Waals surface area contributed by atoms with Gasteiger partial charge in [0, 0.05) is 44.4 Å². The third-order valence-corrected chi connectivity index (χ3v) is 12.3. The topological polar surface area (TPSA) is 60.7 Å². The fourth-order valence-electron chi connectivity index (χ4n) is 9.14. The highest BCUT2D eigenvalue weighted by Crippen LogP contribution is 2.43. The largest absolute Gasteiger partial charge is 0.507 e. The van der Waals surface area contributed by atoms with Crippen LogP contribution in [-0.4, -0.2) is 15.3 Å². The molecular weight excluding hydrogens is 781 g/mol. The molecule has 0 saturated heterocycles. The molecule has 0 spiro atoms. The van der Waals surface area contributed by atoms with Crippen LogP contribution in [-0.2, 0) is 38.5 Å². The van der Waals surface area contributed by atoms with Crippen molar-refractivity contribution in [1.29, 1.82) is 0 Å². The molecule has 9 rings (SSSR count). The second kappa shape index (κ2) is 19.6. The molecule has 0 saturated carbocycles. The summed E-state index contributed by atoms with van der Waals surface area (Å²) in [5.74, 6) is 0.556. The van der Waals surface area contributed by atoms with Gasteiger partial charge in [0.2, 0.25) is 0 Å². The van der Waals surface area contributed by atoms with Crippen LogP contribution in [0.5, 0.6) is 17.2 Å². The zero-order valence-electron chi connectivity index (χ0n) is 35.9. The smallest absolute Gasteiger partial charge is 0.122 e. The van der Waals surface area contributed by atoms with E-state index in [9.17, 15) is 15.3 Å². The number of hydrogen-bond acceptors (Lipinski definition) is 3. The third-order valence-electron chi connectivity index (χ3n) is 12.3. The molecule has 3 heteroatoms. The summed E-state index contributed by atoms with van der Waals surface area (Å²) in [6, 6.07) is 75.1. The highest BCUT2D eigenvalue weighted by Gasteiger charge is 2.26. The summed E-state index contributed by atoms with van der Waals surface area (Å²) in [4.78, 5) is 0. The van der Waals surface area contributed by atoms with E-state index in [-0.39, 0.29) is 5.92 Å². The molecule has 0 bridgehead atoms. The predicted molar refractivity (Wildman–Crippen MR) is 261 cm³/mol. The summed E-state index contributed by atoms with van der Waals surface area (Å²) < 4.78 is 0. The van der Waals surface area contributed by atoms with Gasteiger partial charge in [0.05, 0.1) is 0 Å². The van der Waals surface area contributed by atoms with Crippen LogP contribution in [0.3, 0.4) is 0 Å². The second-order valence-electron chi connectivity index (χ2n) is 17.0. The summed E-state index contributed by atoms with van der Waals surface area (Å²) in [6.45, 7) is 0. The second-order valence-corrected chi connectivity index (χ2v) is 17.0. The Morgan fingerprint density at radius 1 is 0.234 bits per heavy atom. The molecule has 3 nitrogen and oxygen atoms in total. The third kappa shape index (κ3) is 10.0. The first-order chi connectivity index (χ1) is 31.4. The van der Waals surface area contributed by atoms with Crippen molar-refractivity contribution in [2.75, 3.05) is 0 Å². The van der Waals surface area contributed by atoms with Crippen molar-refractivity contribution in [1.82, 2.24) is 0 Å². The van der Waals surface area contributed by atoms with Crippen LogP contribution in [0.1, 0.15) is 89.4 Å². The van der Waals surface area contributed by atoms with E-state index in [2.05, 4.69) is 109 Å². The highest BCUT2D eigenvalue weighted by atomic mass is 16.3. The number of phenolic OH excluding ortho intramolecular Hbond substituents is 3.